The van der Waals surface area contributed by atoms with Gasteiger partial charge in [0.25, 0.3) is 0 Å². The van der Waals surface area contributed by atoms with Crippen LogP contribution < -0.4 is 9.47 Å². The molecule has 16 heavy (non-hydrogen) atoms. The molecule has 1 atom stereocenters. The van der Waals surface area contributed by atoms with Gasteiger partial charge < -0.3 is 14.6 Å². The van der Waals surface area contributed by atoms with Gasteiger partial charge in [-0.3, -0.25) is 10.1 Å². The lowest BCUT2D eigenvalue weighted by molar-refractivity contribution is -0.491. The third kappa shape index (κ3) is 2.02. The number of aliphatic hydroxyl groups excluding tert-OH is 1. The number of nitro groups is 1. The first-order valence-corrected chi connectivity index (χ1v) is 4.84. The SMILES string of the molecule is O=[N+]([O-])CC(O)c1cc2c(cc1Cl)OCO2. The number of rotatable bonds is 3. The van der Waals surface area contributed by atoms with Gasteiger partial charge in [0.2, 0.25) is 13.3 Å². The Morgan fingerprint density at radius 2 is 2.12 bits per heavy atom. The normalized spacial score (nSPS) is 14.9. The Morgan fingerprint density at radius 1 is 1.50 bits per heavy atom. The summed E-state index contributed by atoms with van der Waals surface area (Å²) in [7, 11) is 0. The molecule has 6 nitrogen and oxygen atoms in total. The Balaban J connectivity index is 2.30. The third-order valence-electron chi connectivity index (χ3n) is 2.17. The van der Waals surface area contributed by atoms with Crippen molar-refractivity contribution in [3.05, 3.63) is 32.8 Å². The van der Waals surface area contributed by atoms with Gasteiger partial charge in [-0.25, -0.2) is 0 Å². The Bertz CT molecular complexity index is 436. The molecule has 1 N–H and O–H groups in total. The van der Waals surface area contributed by atoms with Gasteiger partial charge in [-0.2, -0.15) is 0 Å². The molecule has 0 radical (unpaired) electrons. The molecular formula is C9H8ClNO5. The van der Waals surface area contributed by atoms with E-state index in [1.807, 2.05) is 0 Å². The van der Waals surface area contributed by atoms with E-state index < -0.39 is 17.6 Å². The first kappa shape index (κ1) is 11.0. The molecule has 0 spiro atoms. The van der Waals surface area contributed by atoms with Gasteiger partial charge >= 0.3 is 0 Å². The lowest BCUT2D eigenvalue weighted by atomic mass is 10.1. The molecule has 7 heteroatoms. The average Bonchev–Trinajstić information content (AvgIpc) is 2.61. The van der Waals surface area contributed by atoms with Crippen LogP contribution in [0.3, 0.4) is 0 Å². The minimum Gasteiger partial charge on any atom is -0.454 e. The van der Waals surface area contributed by atoms with Gasteiger partial charge in [0.05, 0.1) is 5.02 Å². The minimum absolute atomic E-state index is 0.0838. The molecule has 2 rings (SSSR count). The zero-order chi connectivity index (χ0) is 11.7. The number of hydrogen-bond acceptors (Lipinski definition) is 5. The molecule has 0 aliphatic carbocycles. The summed E-state index contributed by atoms with van der Waals surface area (Å²) >= 11 is 5.87. The Morgan fingerprint density at radius 3 is 2.75 bits per heavy atom. The number of fused-ring (bicyclic) bond motifs is 1. The number of benzene rings is 1. The molecule has 0 fully saturated rings. The highest BCUT2D eigenvalue weighted by molar-refractivity contribution is 6.31. The van der Waals surface area contributed by atoms with E-state index in [0.29, 0.717) is 11.5 Å². The summed E-state index contributed by atoms with van der Waals surface area (Å²) in [5.74, 6) is 0.906. The van der Waals surface area contributed by atoms with Crippen LogP contribution in [0.2, 0.25) is 5.02 Å². The van der Waals surface area contributed by atoms with Gasteiger partial charge in [0, 0.05) is 16.6 Å². The molecule has 0 saturated carbocycles. The van der Waals surface area contributed by atoms with Crippen LogP contribution in [0.1, 0.15) is 11.7 Å². The maximum atomic E-state index is 10.3. The summed E-state index contributed by atoms with van der Waals surface area (Å²) < 4.78 is 10.2. The Hall–Kier alpha value is -1.53. The van der Waals surface area contributed by atoms with Crippen LogP contribution in [0.5, 0.6) is 11.5 Å². The Kier molecular flexibility index (Phi) is 2.84. The summed E-state index contributed by atoms with van der Waals surface area (Å²) in [5, 5.41) is 20.1. The first-order valence-electron chi connectivity index (χ1n) is 4.47. The van der Waals surface area contributed by atoms with E-state index >= 15 is 0 Å². The van der Waals surface area contributed by atoms with Crippen molar-refractivity contribution in [3.8, 4) is 11.5 Å². The highest BCUT2D eigenvalue weighted by Gasteiger charge is 2.22. The predicted octanol–water partition coefficient (Wildman–Crippen LogP) is 1.38. The molecule has 0 amide bonds. The Labute approximate surface area is 95.5 Å². The van der Waals surface area contributed by atoms with E-state index in [1.165, 1.54) is 12.1 Å². The fourth-order valence-electron chi connectivity index (χ4n) is 1.43. The molecule has 1 aromatic carbocycles. The van der Waals surface area contributed by atoms with Crippen LogP contribution in [0, 0.1) is 10.1 Å². The lowest BCUT2D eigenvalue weighted by Gasteiger charge is -2.09. The standard InChI is InChI=1S/C9H8ClNO5/c10-6-2-9-8(15-4-16-9)1-5(6)7(12)3-11(13)14/h1-2,7,12H,3-4H2. The van der Waals surface area contributed by atoms with Crippen molar-refractivity contribution in [1.29, 1.82) is 0 Å². The van der Waals surface area contributed by atoms with Crippen molar-refractivity contribution in [2.75, 3.05) is 13.3 Å². The molecule has 1 heterocycles. The maximum absolute atomic E-state index is 10.3. The second kappa shape index (κ2) is 4.15. The highest BCUT2D eigenvalue weighted by atomic mass is 35.5. The molecule has 0 bridgehead atoms. The van der Waals surface area contributed by atoms with E-state index in [4.69, 9.17) is 21.1 Å². The maximum Gasteiger partial charge on any atom is 0.233 e. The third-order valence-corrected chi connectivity index (χ3v) is 2.50. The first-order chi connectivity index (χ1) is 7.58. The van der Waals surface area contributed by atoms with Gasteiger partial charge in [0.15, 0.2) is 11.5 Å². The molecule has 0 aromatic heterocycles. The molecule has 1 unspecified atom stereocenters. The van der Waals surface area contributed by atoms with Crippen LogP contribution in [-0.2, 0) is 0 Å². The van der Waals surface area contributed by atoms with Crippen molar-refractivity contribution >= 4 is 11.6 Å². The largest absolute Gasteiger partial charge is 0.454 e. The summed E-state index contributed by atoms with van der Waals surface area (Å²) in [4.78, 5) is 9.67. The van der Waals surface area contributed by atoms with Gasteiger partial charge in [0.1, 0.15) is 6.10 Å². The van der Waals surface area contributed by atoms with Gasteiger partial charge in [-0.15, -0.1) is 0 Å². The zero-order valence-corrected chi connectivity index (χ0v) is 8.81. The van der Waals surface area contributed by atoms with Crippen molar-refractivity contribution in [2.24, 2.45) is 0 Å². The number of aliphatic hydroxyl groups is 1. The van der Waals surface area contributed by atoms with E-state index in [9.17, 15) is 15.2 Å². The summed E-state index contributed by atoms with van der Waals surface area (Å²) in [6, 6.07) is 2.93. The van der Waals surface area contributed by atoms with Crippen LogP contribution in [0.25, 0.3) is 0 Å². The van der Waals surface area contributed by atoms with Crippen LogP contribution in [-0.4, -0.2) is 23.4 Å². The molecule has 86 valence electrons. The van der Waals surface area contributed by atoms with Crippen molar-refractivity contribution < 1.29 is 19.5 Å². The molecular weight excluding hydrogens is 238 g/mol. The zero-order valence-electron chi connectivity index (χ0n) is 8.05. The second-order valence-electron chi connectivity index (χ2n) is 3.26. The predicted molar refractivity (Wildman–Crippen MR) is 54.4 cm³/mol. The van der Waals surface area contributed by atoms with E-state index in [-0.39, 0.29) is 17.4 Å². The average molecular weight is 246 g/mol. The molecule has 0 saturated heterocycles. The molecule has 1 aliphatic heterocycles. The van der Waals surface area contributed by atoms with Crippen LogP contribution >= 0.6 is 11.6 Å². The number of halogens is 1. The van der Waals surface area contributed by atoms with E-state index in [1.54, 1.807) is 0 Å². The highest BCUT2D eigenvalue weighted by Crippen LogP contribution is 2.38. The monoisotopic (exact) mass is 245 g/mol. The van der Waals surface area contributed by atoms with Crippen molar-refractivity contribution in [2.45, 2.75) is 6.10 Å². The number of hydrogen-bond donors (Lipinski definition) is 1. The number of nitrogens with zero attached hydrogens (tertiary/aromatic N) is 1. The van der Waals surface area contributed by atoms with Crippen LogP contribution in [0.15, 0.2) is 12.1 Å². The van der Waals surface area contributed by atoms with Crippen molar-refractivity contribution in [3.63, 3.8) is 0 Å². The molecule has 1 aliphatic rings. The summed E-state index contributed by atoms with van der Waals surface area (Å²) in [5.41, 5.74) is 0.266. The summed E-state index contributed by atoms with van der Waals surface area (Å²) in [6.45, 7) is -0.514. The van der Waals surface area contributed by atoms with E-state index in [0.717, 1.165) is 0 Å². The second-order valence-corrected chi connectivity index (χ2v) is 3.67. The molecule has 1 aromatic rings. The number of ether oxygens (including phenoxy) is 2. The fraction of sp³-hybridized carbons (Fsp3) is 0.333. The summed E-state index contributed by atoms with van der Waals surface area (Å²) in [6.07, 6.45) is -1.25. The van der Waals surface area contributed by atoms with Crippen molar-refractivity contribution in [1.82, 2.24) is 0 Å². The van der Waals surface area contributed by atoms with Gasteiger partial charge in [-0.1, -0.05) is 11.6 Å². The topological polar surface area (TPSA) is 81.8 Å². The minimum atomic E-state index is -1.25. The van der Waals surface area contributed by atoms with Crippen LogP contribution in [0.4, 0.5) is 0 Å². The fourth-order valence-corrected chi connectivity index (χ4v) is 1.71. The lowest BCUT2D eigenvalue weighted by Crippen LogP contribution is -2.12. The van der Waals surface area contributed by atoms with E-state index in [2.05, 4.69) is 0 Å². The van der Waals surface area contributed by atoms with Gasteiger partial charge in [-0.05, 0) is 6.07 Å². The smallest absolute Gasteiger partial charge is 0.233 e. The quantitative estimate of drug-likeness (QED) is 0.643.